The fourth-order valence-electron chi connectivity index (χ4n) is 2.57. The standard InChI is InChI=1S/C15H20Br2O2/c1-3-7-13(16)15(18-10-11-19-15)14(2,17)12-8-5-4-6-9-12/h4-6,8-9,13H,3,7,10-11H2,1-2H3. The van der Waals surface area contributed by atoms with Crippen LogP contribution in [0, 0.1) is 0 Å². The fraction of sp³-hybridized carbons (Fsp3) is 0.600. The maximum Gasteiger partial charge on any atom is 0.200 e. The van der Waals surface area contributed by atoms with Crippen molar-refractivity contribution in [2.75, 3.05) is 13.2 Å². The Morgan fingerprint density at radius 3 is 2.37 bits per heavy atom. The van der Waals surface area contributed by atoms with Gasteiger partial charge in [0.25, 0.3) is 0 Å². The van der Waals surface area contributed by atoms with Gasteiger partial charge in [0.15, 0.2) is 5.79 Å². The zero-order chi connectivity index (χ0) is 13.9. The predicted octanol–water partition coefficient (Wildman–Crippen LogP) is 4.60. The zero-order valence-electron chi connectivity index (χ0n) is 11.4. The lowest BCUT2D eigenvalue weighted by Gasteiger charge is -2.44. The Labute approximate surface area is 132 Å². The van der Waals surface area contributed by atoms with Gasteiger partial charge in [0.2, 0.25) is 0 Å². The number of ether oxygens (including phenoxy) is 2. The summed E-state index contributed by atoms with van der Waals surface area (Å²) in [6.45, 7) is 5.57. The Hall–Kier alpha value is 0.1000. The number of rotatable bonds is 5. The molecule has 0 saturated carbocycles. The third kappa shape index (κ3) is 2.78. The van der Waals surface area contributed by atoms with E-state index in [0.29, 0.717) is 13.2 Å². The highest BCUT2D eigenvalue weighted by atomic mass is 79.9. The molecule has 1 heterocycles. The second kappa shape index (κ2) is 6.25. The molecule has 0 aliphatic carbocycles. The highest BCUT2D eigenvalue weighted by Gasteiger charge is 2.56. The molecule has 0 aromatic heterocycles. The second-order valence-corrected chi connectivity index (χ2v) is 7.68. The normalized spacial score (nSPS) is 22.9. The first-order chi connectivity index (χ1) is 9.04. The van der Waals surface area contributed by atoms with Crippen LogP contribution in [0.2, 0.25) is 0 Å². The van der Waals surface area contributed by atoms with Crippen LogP contribution in [0.3, 0.4) is 0 Å². The molecule has 2 atom stereocenters. The molecule has 0 spiro atoms. The molecule has 1 aliphatic heterocycles. The molecule has 0 radical (unpaired) electrons. The summed E-state index contributed by atoms with van der Waals surface area (Å²) in [5.41, 5.74) is 1.16. The largest absolute Gasteiger partial charge is 0.345 e. The van der Waals surface area contributed by atoms with Crippen molar-refractivity contribution in [2.45, 2.75) is 41.6 Å². The molecule has 1 aromatic rings. The van der Waals surface area contributed by atoms with Crippen LogP contribution in [-0.4, -0.2) is 23.8 Å². The lowest BCUT2D eigenvalue weighted by atomic mass is 9.88. The summed E-state index contributed by atoms with van der Waals surface area (Å²) in [6, 6.07) is 10.3. The lowest BCUT2D eigenvalue weighted by molar-refractivity contribution is -0.179. The minimum atomic E-state index is -0.662. The van der Waals surface area contributed by atoms with E-state index in [1.807, 2.05) is 18.2 Å². The number of benzene rings is 1. The average molecular weight is 392 g/mol. The van der Waals surface area contributed by atoms with Crippen LogP contribution in [0.5, 0.6) is 0 Å². The minimum Gasteiger partial charge on any atom is -0.345 e. The van der Waals surface area contributed by atoms with Gasteiger partial charge in [-0.3, -0.25) is 0 Å². The molecule has 1 fully saturated rings. The zero-order valence-corrected chi connectivity index (χ0v) is 14.5. The molecule has 1 aromatic carbocycles. The minimum absolute atomic E-state index is 0.150. The van der Waals surface area contributed by atoms with Crippen molar-refractivity contribution in [1.82, 2.24) is 0 Å². The molecule has 2 nitrogen and oxygen atoms in total. The smallest absolute Gasteiger partial charge is 0.200 e. The van der Waals surface area contributed by atoms with E-state index in [9.17, 15) is 0 Å². The van der Waals surface area contributed by atoms with Gasteiger partial charge in [0.1, 0.15) is 4.32 Å². The van der Waals surface area contributed by atoms with Crippen LogP contribution in [-0.2, 0) is 13.8 Å². The first-order valence-corrected chi connectivity index (χ1v) is 8.42. The maximum atomic E-state index is 6.06. The summed E-state index contributed by atoms with van der Waals surface area (Å²) in [5, 5.41) is 0. The Bertz CT molecular complexity index is 400. The van der Waals surface area contributed by atoms with Crippen molar-refractivity contribution >= 4 is 31.9 Å². The van der Waals surface area contributed by atoms with E-state index in [-0.39, 0.29) is 9.15 Å². The Kier molecular flexibility index (Phi) is 5.09. The molecular weight excluding hydrogens is 372 g/mol. The molecule has 1 aliphatic rings. The van der Waals surface area contributed by atoms with E-state index >= 15 is 0 Å². The van der Waals surface area contributed by atoms with E-state index in [1.165, 1.54) is 0 Å². The third-order valence-electron chi connectivity index (χ3n) is 3.64. The van der Waals surface area contributed by atoms with Crippen molar-refractivity contribution in [3.8, 4) is 0 Å². The first kappa shape index (κ1) is 15.5. The van der Waals surface area contributed by atoms with Gasteiger partial charge in [-0.2, -0.15) is 0 Å². The second-order valence-electron chi connectivity index (χ2n) is 4.99. The third-order valence-corrected chi connectivity index (χ3v) is 5.71. The SMILES string of the molecule is CCCC(Br)C1(C(C)(Br)c2ccccc2)OCCO1. The highest BCUT2D eigenvalue weighted by molar-refractivity contribution is 9.10. The molecule has 0 N–H and O–H groups in total. The van der Waals surface area contributed by atoms with Crippen molar-refractivity contribution in [3.05, 3.63) is 35.9 Å². The molecule has 0 bridgehead atoms. The van der Waals surface area contributed by atoms with Gasteiger partial charge in [-0.1, -0.05) is 75.5 Å². The quantitative estimate of drug-likeness (QED) is 0.682. The molecule has 106 valence electrons. The molecule has 1 saturated heterocycles. The van der Waals surface area contributed by atoms with E-state index in [1.54, 1.807) is 0 Å². The molecule has 2 unspecified atom stereocenters. The molecule has 4 heteroatoms. The molecule has 0 amide bonds. The van der Waals surface area contributed by atoms with E-state index in [2.05, 4.69) is 57.8 Å². The van der Waals surface area contributed by atoms with Gasteiger partial charge >= 0.3 is 0 Å². The number of alkyl halides is 2. The number of hydrogen-bond acceptors (Lipinski definition) is 2. The van der Waals surface area contributed by atoms with Gasteiger partial charge in [-0.05, 0) is 18.9 Å². The van der Waals surface area contributed by atoms with Crippen LogP contribution in [0.1, 0.15) is 32.3 Å². The first-order valence-electron chi connectivity index (χ1n) is 6.71. The summed E-state index contributed by atoms with van der Waals surface area (Å²) >= 11 is 7.64. The average Bonchev–Trinajstić information content (AvgIpc) is 2.91. The van der Waals surface area contributed by atoms with E-state index < -0.39 is 5.79 Å². The van der Waals surface area contributed by atoms with Crippen molar-refractivity contribution in [1.29, 1.82) is 0 Å². The van der Waals surface area contributed by atoms with Gasteiger partial charge in [0, 0.05) is 0 Å². The van der Waals surface area contributed by atoms with Gasteiger partial charge < -0.3 is 9.47 Å². The van der Waals surface area contributed by atoms with Crippen molar-refractivity contribution in [2.24, 2.45) is 0 Å². The van der Waals surface area contributed by atoms with Crippen molar-refractivity contribution in [3.63, 3.8) is 0 Å². The maximum absolute atomic E-state index is 6.06. The predicted molar refractivity (Wildman–Crippen MR) is 85.0 cm³/mol. The van der Waals surface area contributed by atoms with Gasteiger partial charge in [-0.15, -0.1) is 0 Å². The Morgan fingerprint density at radius 1 is 1.26 bits per heavy atom. The fourth-order valence-corrected chi connectivity index (χ4v) is 4.83. The summed E-state index contributed by atoms with van der Waals surface area (Å²) in [7, 11) is 0. The van der Waals surface area contributed by atoms with E-state index in [0.717, 1.165) is 18.4 Å². The van der Waals surface area contributed by atoms with Crippen LogP contribution in [0.4, 0.5) is 0 Å². The monoisotopic (exact) mass is 390 g/mol. The number of hydrogen-bond donors (Lipinski definition) is 0. The Morgan fingerprint density at radius 2 is 1.84 bits per heavy atom. The number of halogens is 2. The summed E-state index contributed by atoms with van der Waals surface area (Å²) in [5.74, 6) is -0.662. The van der Waals surface area contributed by atoms with Gasteiger partial charge in [-0.25, -0.2) is 0 Å². The van der Waals surface area contributed by atoms with Crippen LogP contribution in [0.15, 0.2) is 30.3 Å². The van der Waals surface area contributed by atoms with Crippen LogP contribution < -0.4 is 0 Å². The van der Waals surface area contributed by atoms with E-state index in [4.69, 9.17) is 9.47 Å². The van der Waals surface area contributed by atoms with Crippen LogP contribution >= 0.6 is 31.9 Å². The summed E-state index contributed by atoms with van der Waals surface area (Å²) < 4.78 is 11.7. The molecule has 19 heavy (non-hydrogen) atoms. The summed E-state index contributed by atoms with van der Waals surface area (Å²) in [4.78, 5) is 0.150. The highest BCUT2D eigenvalue weighted by Crippen LogP contribution is 2.50. The Balaban J connectivity index is 2.38. The van der Waals surface area contributed by atoms with Gasteiger partial charge in [0.05, 0.1) is 18.0 Å². The summed E-state index contributed by atoms with van der Waals surface area (Å²) in [6.07, 6.45) is 2.09. The van der Waals surface area contributed by atoms with Crippen LogP contribution in [0.25, 0.3) is 0 Å². The molecule has 2 rings (SSSR count). The molecular formula is C15H20Br2O2. The topological polar surface area (TPSA) is 18.5 Å². The van der Waals surface area contributed by atoms with Crippen molar-refractivity contribution < 1.29 is 9.47 Å². The lowest BCUT2D eigenvalue weighted by Crippen LogP contribution is -2.53.